The molecule has 0 saturated carbocycles. The summed E-state index contributed by atoms with van der Waals surface area (Å²) in [5, 5.41) is 14.3. The van der Waals surface area contributed by atoms with E-state index in [-0.39, 0.29) is 5.56 Å². The van der Waals surface area contributed by atoms with Crippen molar-refractivity contribution in [2.75, 3.05) is 13.7 Å². The van der Waals surface area contributed by atoms with E-state index in [0.717, 1.165) is 27.6 Å². The molecule has 0 spiro atoms. The number of pyridine rings is 1. The van der Waals surface area contributed by atoms with Crippen molar-refractivity contribution in [1.82, 2.24) is 30.1 Å². The highest BCUT2D eigenvalue weighted by molar-refractivity contribution is 6.30. The molecule has 0 aliphatic carbocycles. The minimum Gasteiger partial charge on any atom is -0.383 e. The van der Waals surface area contributed by atoms with Gasteiger partial charge in [0.15, 0.2) is 5.82 Å². The molecule has 0 fully saturated rings. The van der Waals surface area contributed by atoms with E-state index in [0.29, 0.717) is 42.7 Å². The van der Waals surface area contributed by atoms with E-state index in [9.17, 15) is 4.79 Å². The third-order valence-electron chi connectivity index (χ3n) is 6.53. The lowest BCUT2D eigenvalue weighted by Gasteiger charge is -2.31. The summed E-state index contributed by atoms with van der Waals surface area (Å²) >= 11 is 6.18. The number of tetrazole rings is 1. The van der Waals surface area contributed by atoms with Gasteiger partial charge in [0.25, 0.3) is 5.56 Å². The van der Waals surface area contributed by atoms with Crippen LogP contribution in [0.1, 0.15) is 34.1 Å². The Bertz CT molecular complexity index is 1570. The molecule has 0 aliphatic rings. The highest BCUT2D eigenvalue weighted by atomic mass is 35.5. The number of aromatic amines is 1. The summed E-state index contributed by atoms with van der Waals surface area (Å²) in [6.07, 6.45) is 0. The minimum absolute atomic E-state index is 0.179. The van der Waals surface area contributed by atoms with Crippen LogP contribution in [0.5, 0.6) is 0 Å². The molecule has 9 heteroatoms. The maximum atomic E-state index is 13.6. The first-order chi connectivity index (χ1) is 18.5. The van der Waals surface area contributed by atoms with Crippen molar-refractivity contribution in [3.8, 4) is 0 Å². The van der Waals surface area contributed by atoms with Crippen LogP contribution in [0, 0.1) is 6.92 Å². The zero-order chi connectivity index (χ0) is 26.5. The number of methoxy groups -OCH3 is 1. The first-order valence-corrected chi connectivity index (χ1v) is 12.8. The molecule has 0 saturated heterocycles. The van der Waals surface area contributed by atoms with Crippen LogP contribution in [-0.4, -0.2) is 43.8 Å². The van der Waals surface area contributed by atoms with Gasteiger partial charge in [-0.15, -0.1) is 5.10 Å². The fourth-order valence-corrected chi connectivity index (χ4v) is 4.80. The van der Waals surface area contributed by atoms with E-state index in [1.54, 1.807) is 11.8 Å². The van der Waals surface area contributed by atoms with Gasteiger partial charge in [-0.1, -0.05) is 65.7 Å². The van der Waals surface area contributed by atoms with Crippen molar-refractivity contribution in [3.05, 3.63) is 122 Å². The topological polar surface area (TPSA) is 88.9 Å². The van der Waals surface area contributed by atoms with Crippen LogP contribution >= 0.6 is 11.6 Å². The van der Waals surface area contributed by atoms with Gasteiger partial charge in [-0.2, -0.15) is 0 Å². The normalized spacial score (nSPS) is 12.3. The SMILES string of the molecule is COCCn1nnnc1[C@@H](c1cc2cc(C)ccc2[nH]c1=O)N(Cc1ccccc1)Cc1ccc(Cl)cc1. The lowest BCUT2D eigenvalue weighted by molar-refractivity contribution is 0.169. The molecule has 8 nitrogen and oxygen atoms in total. The minimum atomic E-state index is -0.536. The van der Waals surface area contributed by atoms with Gasteiger partial charge in [-0.3, -0.25) is 9.69 Å². The molecule has 5 rings (SSSR count). The van der Waals surface area contributed by atoms with Gasteiger partial charge in [0.2, 0.25) is 0 Å². The Morgan fingerprint density at radius 1 is 1.00 bits per heavy atom. The summed E-state index contributed by atoms with van der Waals surface area (Å²) in [6, 6.07) is 25.3. The van der Waals surface area contributed by atoms with Crippen molar-refractivity contribution in [3.63, 3.8) is 0 Å². The zero-order valence-corrected chi connectivity index (χ0v) is 22.1. The number of benzene rings is 3. The molecule has 0 amide bonds. The fraction of sp³-hybridized carbons (Fsp3) is 0.241. The van der Waals surface area contributed by atoms with E-state index < -0.39 is 6.04 Å². The van der Waals surface area contributed by atoms with E-state index in [2.05, 4.69) is 43.6 Å². The Labute approximate surface area is 225 Å². The third-order valence-corrected chi connectivity index (χ3v) is 6.78. The number of hydrogen-bond donors (Lipinski definition) is 1. The van der Waals surface area contributed by atoms with Crippen LogP contribution in [0.2, 0.25) is 5.02 Å². The van der Waals surface area contributed by atoms with Crippen LogP contribution in [0.3, 0.4) is 0 Å². The van der Waals surface area contributed by atoms with Crippen molar-refractivity contribution in [2.24, 2.45) is 0 Å². The predicted molar refractivity (Wildman–Crippen MR) is 148 cm³/mol. The van der Waals surface area contributed by atoms with E-state index in [1.165, 1.54) is 0 Å². The number of aromatic nitrogens is 5. The molecule has 0 radical (unpaired) electrons. The van der Waals surface area contributed by atoms with Crippen molar-refractivity contribution in [1.29, 1.82) is 0 Å². The number of H-pyrrole nitrogens is 1. The Morgan fingerprint density at radius 2 is 1.74 bits per heavy atom. The second-order valence-electron chi connectivity index (χ2n) is 9.32. The summed E-state index contributed by atoms with van der Waals surface area (Å²) in [6.45, 7) is 4.04. The summed E-state index contributed by atoms with van der Waals surface area (Å²) in [5.41, 5.74) is 4.45. The van der Waals surface area contributed by atoms with Crippen LogP contribution in [0.4, 0.5) is 0 Å². The molecular formula is C29H29ClN6O2. The second-order valence-corrected chi connectivity index (χ2v) is 9.75. The van der Waals surface area contributed by atoms with Crippen molar-refractivity contribution < 1.29 is 4.74 Å². The lowest BCUT2D eigenvalue weighted by Crippen LogP contribution is -2.35. The number of aryl methyl sites for hydroxylation is 1. The van der Waals surface area contributed by atoms with Gasteiger partial charge in [0.05, 0.1) is 13.2 Å². The molecule has 1 atom stereocenters. The maximum Gasteiger partial charge on any atom is 0.253 e. The number of hydrogen-bond acceptors (Lipinski definition) is 6. The van der Waals surface area contributed by atoms with E-state index >= 15 is 0 Å². The zero-order valence-electron chi connectivity index (χ0n) is 21.3. The number of rotatable bonds is 10. The van der Waals surface area contributed by atoms with Gasteiger partial charge >= 0.3 is 0 Å². The second kappa shape index (κ2) is 11.7. The van der Waals surface area contributed by atoms with Crippen molar-refractivity contribution >= 4 is 22.5 Å². The standard InChI is InChI=1S/C29H29ClN6O2/c1-20-8-13-26-23(16-20)17-25(29(37)31-26)27(28-32-33-34-36(28)14-15-38-2)35(18-21-6-4-3-5-7-21)19-22-9-11-24(30)12-10-22/h3-13,16-17,27H,14-15,18-19H2,1-2H3,(H,31,37)/t27-/m1/s1. The Kier molecular flexibility index (Phi) is 7.93. The Morgan fingerprint density at radius 3 is 2.47 bits per heavy atom. The molecular weight excluding hydrogens is 500 g/mol. The largest absolute Gasteiger partial charge is 0.383 e. The van der Waals surface area contributed by atoms with E-state index in [4.69, 9.17) is 16.3 Å². The number of ether oxygens (including phenoxy) is 1. The van der Waals surface area contributed by atoms with Gasteiger partial charge in [0.1, 0.15) is 6.04 Å². The van der Waals surface area contributed by atoms with Gasteiger partial charge in [-0.25, -0.2) is 4.68 Å². The van der Waals surface area contributed by atoms with Crippen LogP contribution in [0.25, 0.3) is 10.9 Å². The van der Waals surface area contributed by atoms with Crippen molar-refractivity contribution in [2.45, 2.75) is 32.6 Å². The molecule has 1 N–H and O–H groups in total. The predicted octanol–water partition coefficient (Wildman–Crippen LogP) is 4.91. The molecule has 194 valence electrons. The molecule has 38 heavy (non-hydrogen) atoms. The molecule has 0 bridgehead atoms. The lowest BCUT2D eigenvalue weighted by atomic mass is 10.0. The number of nitrogens with zero attached hydrogens (tertiary/aromatic N) is 5. The molecule has 5 aromatic rings. The number of nitrogens with one attached hydrogen (secondary N) is 1. The van der Waals surface area contributed by atoms with Crippen LogP contribution in [0.15, 0.2) is 83.7 Å². The van der Waals surface area contributed by atoms with Gasteiger partial charge < -0.3 is 9.72 Å². The van der Waals surface area contributed by atoms with E-state index in [1.807, 2.05) is 67.6 Å². The monoisotopic (exact) mass is 528 g/mol. The summed E-state index contributed by atoms with van der Waals surface area (Å²) in [5.74, 6) is 0.574. The summed E-state index contributed by atoms with van der Waals surface area (Å²) in [7, 11) is 1.64. The Balaban J connectivity index is 1.69. The highest BCUT2D eigenvalue weighted by Crippen LogP contribution is 2.30. The summed E-state index contributed by atoms with van der Waals surface area (Å²) < 4.78 is 7.02. The first-order valence-electron chi connectivity index (χ1n) is 12.4. The fourth-order valence-electron chi connectivity index (χ4n) is 4.67. The van der Waals surface area contributed by atoms with Gasteiger partial charge in [0, 0.05) is 36.3 Å². The highest BCUT2D eigenvalue weighted by Gasteiger charge is 2.31. The molecule has 2 heterocycles. The molecule has 2 aromatic heterocycles. The smallest absolute Gasteiger partial charge is 0.253 e. The average Bonchev–Trinajstić information content (AvgIpc) is 3.38. The summed E-state index contributed by atoms with van der Waals surface area (Å²) in [4.78, 5) is 18.9. The first kappa shape index (κ1) is 25.8. The molecule has 0 unspecified atom stereocenters. The van der Waals surface area contributed by atoms with Gasteiger partial charge in [-0.05, 0) is 64.2 Å². The average molecular weight is 529 g/mol. The third kappa shape index (κ3) is 5.83. The maximum absolute atomic E-state index is 13.6. The Hall–Kier alpha value is -3.85. The molecule has 3 aromatic carbocycles. The van der Waals surface area contributed by atoms with Crippen LogP contribution in [-0.2, 0) is 24.4 Å². The quantitative estimate of drug-likeness (QED) is 0.277. The number of halogens is 1. The number of fused-ring (bicyclic) bond motifs is 1. The molecule has 0 aliphatic heterocycles. The van der Waals surface area contributed by atoms with Crippen LogP contribution < -0.4 is 5.56 Å².